The minimum atomic E-state index is -0.972. The smallest absolute Gasteiger partial charge is 0.317 e. The summed E-state index contributed by atoms with van der Waals surface area (Å²) in [5, 5.41) is 8.82. The van der Waals surface area contributed by atoms with Gasteiger partial charge >= 0.3 is 17.9 Å². The van der Waals surface area contributed by atoms with Crippen molar-refractivity contribution in [2.24, 2.45) is 0 Å². The third-order valence-electron chi connectivity index (χ3n) is 2.14. The van der Waals surface area contributed by atoms with E-state index in [9.17, 15) is 14.4 Å². The average molecular weight is 362 g/mol. The Labute approximate surface area is 117 Å². The molecule has 0 saturated carbocycles. The van der Waals surface area contributed by atoms with Gasteiger partial charge in [0.25, 0.3) is 0 Å². The van der Waals surface area contributed by atoms with Crippen LogP contribution in [0.25, 0.3) is 0 Å². The molecule has 0 spiro atoms. The van der Waals surface area contributed by atoms with Crippen molar-refractivity contribution in [2.45, 2.75) is 19.8 Å². The van der Waals surface area contributed by atoms with Gasteiger partial charge in [0.2, 0.25) is 0 Å². The molecule has 0 fully saturated rings. The van der Waals surface area contributed by atoms with Crippen LogP contribution in [0.4, 0.5) is 0 Å². The van der Waals surface area contributed by atoms with Crippen molar-refractivity contribution >= 4 is 40.5 Å². The highest BCUT2D eigenvalue weighted by Gasteiger charge is 2.15. The maximum absolute atomic E-state index is 11.4. The molecule has 0 radical (unpaired) electrons. The quantitative estimate of drug-likeness (QED) is 0.500. The molecule has 0 aliphatic carbocycles. The van der Waals surface area contributed by atoms with E-state index in [0.29, 0.717) is 11.1 Å². The largest absolute Gasteiger partial charge is 0.481 e. The Morgan fingerprint density at radius 2 is 1.94 bits per heavy atom. The number of hydrogen-bond acceptors (Lipinski definition) is 4. The number of esters is 2. The summed E-state index contributed by atoms with van der Waals surface area (Å²) < 4.78 is 5.19. The number of aliphatic carboxylic acids is 1. The van der Waals surface area contributed by atoms with Crippen molar-refractivity contribution in [3.8, 4) is 0 Å². The van der Waals surface area contributed by atoms with E-state index < -0.39 is 17.9 Å². The molecule has 0 unspecified atom stereocenters. The molecule has 0 bridgehead atoms. The van der Waals surface area contributed by atoms with Crippen LogP contribution in [-0.4, -0.2) is 23.0 Å². The van der Waals surface area contributed by atoms with E-state index >= 15 is 0 Å². The summed E-state index contributed by atoms with van der Waals surface area (Å²) in [5.41, 5.74) is 1.14. The van der Waals surface area contributed by atoms with Gasteiger partial charge in [-0.2, -0.15) is 0 Å². The molecular formula is C12H11IO5. The number of ether oxygens (including phenoxy) is 1. The first-order chi connectivity index (χ1) is 8.40. The number of carboxylic acids is 1. The highest BCUT2D eigenvalue weighted by Crippen LogP contribution is 2.19. The van der Waals surface area contributed by atoms with E-state index in [1.807, 2.05) is 22.6 Å². The van der Waals surface area contributed by atoms with Crippen molar-refractivity contribution < 1.29 is 24.2 Å². The van der Waals surface area contributed by atoms with Crippen LogP contribution < -0.4 is 0 Å². The van der Waals surface area contributed by atoms with Crippen LogP contribution in [0, 0.1) is 3.57 Å². The number of carbonyl (C=O) groups excluding carboxylic acids is 2. The minimum Gasteiger partial charge on any atom is -0.481 e. The lowest BCUT2D eigenvalue weighted by Gasteiger charge is -2.09. The van der Waals surface area contributed by atoms with Crippen molar-refractivity contribution in [2.75, 3.05) is 0 Å². The van der Waals surface area contributed by atoms with E-state index in [4.69, 9.17) is 5.11 Å². The lowest BCUT2D eigenvalue weighted by Crippen LogP contribution is -2.14. The van der Waals surface area contributed by atoms with Gasteiger partial charge in [-0.15, -0.1) is 0 Å². The van der Waals surface area contributed by atoms with Gasteiger partial charge in [0.15, 0.2) is 0 Å². The van der Waals surface area contributed by atoms with Crippen molar-refractivity contribution in [3.63, 3.8) is 0 Å². The van der Waals surface area contributed by atoms with E-state index in [1.54, 1.807) is 18.2 Å². The van der Waals surface area contributed by atoms with E-state index in [0.717, 1.165) is 10.5 Å². The maximum atomic E-state index is 11.4. The van der Waals surface area contributed by atoms with Gasteiger partial charge in [-0.3, -0.25) is 14.4 Å². The summed E-state index contributed by atoms with van der Waals surface area (Å²) in [6.07, 6.45) is -0.277. The lowest BCUT2D eigenvalue weighted by atomic mass is 10.0. The molecule has 0 aromatic heterocycles. The summed E-state index contributed by atoms with van der Waals surface area (Å²) in [4.78, 5) is 32.8. The molecule has 1 aromatic carbocycles. The average Bonchev–Trinajstić information content (AvgIpc) is 2.21. The fraction of sp³-hybridized carbons (Fsp3) is 0.250. The van der Waals surface area contributed by atoms with Crippen LogP contribution in [0.5, 0.6) is 0 Å². The van der Waals surface area contributed by atoms with Crippen LogP contribution in [0.15, 0.2) is 18.2 Å². The van der Waals surface area contributed by atoms with Crippen LogP contribution in [0.2, 0.25) is 0 Å². The Morgan fingerprint density at radius 1 is 1.28 bits per heavy atom. The Kier molecular flexibility index (Phi) is 5.26. The topological polar surface area (TPSA) is 80.7 Å². The van der Waals surface area contributed by atoms with Crippen LogP contribution in [-0.2, 0) is 32.0 Å². The maximum Gasteiger partial charge on any atom is 0.317 e. The number of carbonyl (C=O) groups is 3. The second-order valence-corrected chi connectivity index (χ2v) is 4.75. The summed E-state index contributed by atoms with van der Waals surface area (Å²) in [6, 6.07) is 5.14. The fourth-order valence-corrected chi connectivity index (χ4v) is 2.21. The van der Waals surface area contributed by atoms with Gasteiger partial charge in [-0.25, -0.2) is 0 Å². The molecule has 6 heteroatoms. The molecule has 18 heavy (non-hydrogen) atoms. The summed E-state index contributed by atoms with van der Waals surface area (Å²) in [5.74, 6) is -2.33. The molecule has 0 atom stereocenters. The second kappa shape index (κ2) is 6.48. The van der Waals surface area contributed by atoms with Crippen LogP contribution in [0.3, 0.4) is 0 Å². The van der Waals surface area contributed by atoms with Gasteiger partial charge in [0, 0.05) is 10.5 Å². The first-order valence-corrected chi connectivity index (χ1v) is 6.17. The highest BCUT2D eigenvalue weighted by molar-refractivity contribution is 14.1. The van der Waals surface area contributed by atoms with Crippen LogP contribution in [0.1, 0.15) is 18.1 Å². The molecule has 0 aliphatic rings. The van der Waals surface area contributed by atoms with E-state index in [-0.39, 0.29) is 12.8 Å². The molecular weight excluding hydrogens is 351 g/mol. The molecule has 0 aliphatic heterocycles. The Bertz CT molecular complexity index is 495. The molecule has 1 aromatic rings. The van der Waals surface area contributed by atoms with Crippen molar-refractivity contribution in [3.05, 3.63) is 32.9 Å². The zero-order chi connectivity index (χ0) is 13.7. The number of carboxylic acid groups (broad SMARTS) is 1. The third kappa shape index (κ3) is 4.44. The highest BCUT2D eigenvalue weighted by atomic mass is 127. The van der Waals surface area contributed by atoms with Crippen molar-refractivity contribution in [1.82, 2.24) is 0 Å². The Morgan fingerprint density at radius 3 is 2.50 bits per heavy atom. The predicted octanol–water partition coefficient (Wildman–Crippen LogP) is 1.55. The summed E-state index contributed by atoms with van der Waals surface area (Å²) in [6.45, 7) is 1.14. The van der Waals surface area contributed by atoms with Crippen molar-refractivity contribution in [1.29, 1.82) is 0 Å². The monoisotopic (exact) mass is 362 g/mol. The third-order valence-corrected chi connectivity index (χ3v) is 3.15. The van der Waals surface area contributed by atoms with Gasteiger partial charge in [0.05, 0.1) is 12.8 Å². The number of halogens is 1. The van der Waals surface area contributed by atoms with E-state index in [1.165, 1.54) is 0 Å². The first-order valence-electron chi connectivity index (χ1n) is 5.09. The molecule has 96 valence electrons. The molecule has 0 saturated heterocycles. The zero-order valence-corrected chi connectivity index (χ0v) is 11.8. The molecule has 0 amide bonds. The number of rotatable bonds is 4. The summed E-state index contributed by atoms with van der Waals surface area (Å²) in [7, 11) is 0. The Hall–Kier alpha value is -1.44. The number of hydrogen-bond donors (Lipinski definition) is 1. The molecule has 1 N–H and O–H groups in total. The number of benzene rings is 1. The molecule has 1 rings (SSSR count). The molecule has 5 nitrogen and oxygen atoms in total. The van der Waals surface area contributed by atoms with Gasteiger partial charge in [-0.05, 0) is 39.8 Å². The summed E-state index contributed by atoms with van der Waals surface area (Å²) >= 11 is 2.01. The standard InChI is InChI=1S/C12H11IO5/c1-7(14)18-12(17)5-8-3-2-4-10(13)9(8)6-11(15)16/h2-4H,5-6H2,1H3,(H,15,16). The van der Waals surface area contributed by atoms with Gasteiger partial charge in [0.1, 0.15) is 0 Å². The van der Waals surface area contributed by atoms with Gasteiger partial charge in [-0.1, -0.05) is 12.1 Å². The van der Waals surface area contributed by atoms with Gasteiger partial charge < -0.3 is 9.84 Å². The van der Waals surface area contributed by atoms with E-state index in [2.05, 4.69) is 4.74 Å². The SMILES string of the molecule is CC(=O)OC(=O)Cc1cccc(I)c1CC(=O)O. The fourth-order valence-electron chi connectivity index (χ4n) is 1.47. The molecule has 0 heterocycles. The zero-order valence-electron chi connectivity index (χ0n) is 9.60. The normalized spacial score (nSPS) is 9.89. The predicted molar refractivity (Wildman–Crippen MR) is 71.0 cm³/mol. The first kappa shape index (κ1) is 14.6. The van der Waals surface area contributed by atoms with Crippen LogP contribution >= 0.6 is 22.6 Å². The minimum absolute atomic E-state index is 0.112. The lowest BCUT2D eigenvalue weighted by molar-refractivity contribution is -0.157. The Balaban J connectivity index is 2.94. The second-order valence-electron chi connectivity index (χ2n) is 3.59.